The zero-order chi connectivity index (χ0) is 17.5. The first-order valence-corrected chi connectivity index (χ1v) is 8.10. The van der Waals surface area contributed by atoms with Gasteiger partial charge in [-0.15, -0.1) is 13.2 Å². The number of alkyl halides is 3. The Hall–Kier alpha value is -1.76. The monoisotopic (exact) mass is 343 g/mol. The van der Waals surface area contributed by atoms with Crippen LogP contribution < -0.4 is 9.64 Å². The van der Waals surface area contributed by atoms with Crippen molar-refractivity contribution in [2.24, 2.45) is 11.8 Å². The van der Waals surface area contributed by atoms with Gasteiger partial charge in [-0.05, 0) is 49.4 Å². The predicted molar refractivity (Wildman–Crippen MR) is 81.5 cm³/mol. The first-order valence-electron chi connectivity index (χ1n) is 8.10. The fraction of sp³-hybridized carbons (Fsp3) is 0.588. The van der Waals surface area contributed by atoms with Gasteiger partial charge in [-0.25, -0.2) is 0 Å². The van der Waals surface area contributed by atoms with Crippen molar-refractivity contribution in [3.8, 4) is 5.75 Å². The van der Waals surface area contributed by atoms with Crippen molar-refractivity contribution in [3.05, 3.63) is 24.3 Å². The molecule has 2 aliphatic rings. The topological polar surface area (TPSA) is 49.8 Å². The highest BCUT2D eigenvalue weighted by Gasteiger charge is 2.52. The number of anilines is 1. The maximum atomic E-state index is 12.6. The lowest BCUT2D eigenvalue weighted by molar-refractivity contribution is -0.274. The van der Waals surface area contributed by atoms with E-state index >= 15 is 0 Å². The van der Waals surface area contributed by atoms with Gasteiger partial charge in [-0.3, -0.25) is 4.79 Å². The zero-order valence-corrected chi connectivity index (χ0v) is 13.3. The number of rotatable bonds is 4. The van der Waals surface area contributed by atoms with E-state index in [1.54, 1.807) is 4.90 Å². The van der Waals surface area contributed by atoms with Crippen LogP contribution in [0.2, 0.25) is 0 Å². The first-order chi connectivity index (χ1) is 11.2. The van der Waals surface area contributed by atoms with E-state index < -0.39 is 12.0 Å². The number of hydrogen-bond acceptors (Lipinski definition) is 3. The van der Waals surface area contributed by atoms with E-state index in [-0.39, 0.29) is 23.5 Å². The average molecular weight is 343 g/mol. The lowest BCUT2D eigenvalue weighted by atomic mass is 9.94. The second kappa shape index (κ2) is 5.95. The lowest BCUT2D eigenvalue weighted by Gasteiger charge is -2.25. The van der Waals surface area contributed by atoms with E-state index in [0.717, 1.165) is 6.42 Å². The number of carbonyl (C=O) groups excluding carboxylic acids is 1. The minimum Gasteiger partial charge on any atom is -0.406 e. The summed E-state index contributed by atoms with van der Waals surface area (Å²) in [6, 6.07) is 5.33. The largest absolute Gasteiger partial charge is 0.573 e. The maximum Gasteiger partial charge on any atom is 0.573 e. The Bertz CT molecular complexity index is 617. The smallest absolute Gasteiger partial charge is 0.406 e. The zero-order valence-electron chi connectivity index (χ0n) is 13.3. The lowest BCUT2D eigenvalue weighted by Crippen LogP contribution is -2.32. The van der Waals surface area contributed by atoms with Gasteiger partial charge in [0.25, 0.3) is 0 Å². The number of fused-ring (bicyclic) bond motifs is 1. The molecule has 1 heterocycles. The van der Waals surface area contributed by atoms with Crippen LogP contribution in [0.4, 0.5) is 18.9 Å². The summed E-state index contributed by atoms with van der Waals surface area (Å²) in [5.74, 6) is -0.472. The molecule has 1 N–H and O–H groups in total. The van der Waals surface area contributed by atoms with Crippen molar-refractivity contribution < 1.29 is 27.8 Å². The van der Waals surface area contributed by atoms with Crippen LogP contribution in [0.1, 0.15) is 32.6 Å². The van der Waals surface area contributed by atoms with Crippen molar-refractivity contribution in [1.82, 2.24) is 0 Å². The molecule has 0 radical (unpaired) electrons. The molecule has 0 bridgehead atoms. The number of ether oxygens (including phenoxy) is 1. The molecule has 132 valence electrons. The summed E-state index contributed by atoms with van der Waals surface area (Å²) in [5, 5.41) is 10.5. The fourth-order valence-electron chi connectivity index (χ4n) is 4.02. The molecular weight excluding hydrogens is 323 g/mol. The number of nitrogens with zero attached hydrogens (tertiary/aromatic N) is 1. The number of benzene rings is 1. The molecule has 1 aliphatic carbocycles. The van der Waals surface area contributed by atoms with Crippen molar-refractivity contribution in [1.29, 1.82) is 0 Å². The van der Waals surface area contributed by atoms with Crippen molar-refractivity contribution in [3.63, 3.8) is 0 Å². The first kappa shape index (κ1) is 17.1. The number of hydrogen-bond donors (Lipinski definition) is 1. The van der Waals surface area contributed by atoms with Gasteiger partial charge in [0, 0.05) is 18.2 Å². The van der Waals surface area contributed by atoms with Crippen LogP contribution in [0, 0.1) is 11.8 Å². The normalized spacial score (nSPS) is 29.9. The van der Waals surface area contributed by atoms with Gasteiger partial charge in [0.1, 0.15) is 5.75 Å². The molecule has 3 atom stereocenters. The van der Waals surface area contributed by atoms with Gasteiger partial charge >= 0.3 is 6.36 Å². The molecule has 4 nitrogen and oxygen atoms in total. The summed E-state index contributed by atoms with van der Waals surface area (Å²) in [6.45, 7) is 2.50. The summed E-state index contributed by atoms with van der Waals surface area (Å²) >= 11 is 0. The van der Waals surface area contributed by atoms with E-state index in [2.05, 4.69) is 4.74 Å². The number of carbonyl (C=O) groups is 1. The van der Waals surface area contributed by atoms with Crippen LogP contribution >= 0.6 is 0 Å². The second-order valence-corrected chi connectivity index (χ2v) is 6.74. The highest BCUT2D eigenvalue weighted by Crippen LogP contribution is 2.47. The highest BCUT2D eigenvalue weighted by molar-refractivity contribution is 5.98. The van der Waals surface area contributed by atoms with Crippen LogP contribution in [0.15, 0.2) is 24.3 Å². The molecule has 1 aromatic carbocycles. The van der Waals surface area contributed by atoms with Gasteiger partial charge < -0.3 is 14.7 Å². The third-order valence-corrected chi connectivity index (χ3v) is 4.91. The van der Waals surface area contributed by atoms with Crippen LogP contribution in [0.25, 0.3) is 0 Å². The van der Waals surface area contributed by atoms with Gasteiger partial charge in [0.05, 0.1) is 5.60 Å². The molecule has 24 heavy (non-hydrogen) atoms. The van der Waals surface area contributed by atoms with Crippen molar-refractivity contribution in [2.75, 3.05) is 11.4 Å². The fourth-order valence-corrected chi connectivity index (χ4v) is 4.02. The van der Waals surface area contributed by atoms with Crippen molar-refractivity contribution in [2.45, 2.75) is 44.6 Å². The average Bonchev–Trinajstić information content (AvgIpc) is 2.94. The number of halogens is 3. The Balaban J connectivity index is 1.69. The third kappa shape index (κ3) is 3.36. The highest BCUT2D eigenvalue weighted by atomic mass is 19.4. The Labute approximate surface area is 138 Å². The van der Waals surface area contributed by atoms with E-state index in [9.17, 15) is 23.1 Å². The Morgan fingerprint density at radius 3 is 2.50 bits per heavy atom. The SMILES string of the molecule is CCCC1(O)C[C@@H]2CN(c3ccc(OC(F)(F)F)cc3)C(=O)[C@H]2C1. The summed E-state index contributed by atoms with van der Waals surface area (Å²) in [6.07, 6.45) is -2.10. The number of aliphatic hydroxyl groups is 1. The van der Waals surface area contributed by atoms with Gasteiger partial charge in [-0.1, -0.05) is 13.3 Å². The predicted octanol–water partition coefficient (Wildman–Crippen LogP) is 3.49. The Morgan fingerprint density at radius 1 is 1.29 bits per heavy atom. The van der Waals surface area contributed by atoms with Crippen LogP contribution in [0.3, 0.4) is 0 Å². The number of amides is 1. The maximum absolute atomic E-state index is 12.6. The third-order valence-electron chi connectivity index (χ3n) is 4.91. The van der Waals surface area contributed by atoms with E-state index in [0.29, 0.717) is 31.5 Å². The van der Waals surface area contributed by atoms with Gasteiger partial charge in [0.2, 0.25) is 5.91 Å². The van der Waals surface area contributed by atoms with Crippen LogP contribution in [-0.2, 0) is 4.79 Å². The molecule has 1 aromatic rings. The molecular formula is C17H20F3NO3. The summed E-state index contributed by atoms with van der Waals surface area (Å²) < 4.78 is 40.4. The summed E-state index contributed by atoms with van der Waals surface area (Å²) in [5.41, 5.74) is -0.195. The van der Waals surface area contributed by atoms with E-state index in [4.69, 9.17) is 0 Å². The summed E-state index contributed by atoms with van der Waals surface area (Å²) in [7, 11) is 0. The molecule has 3 rings (SSSR count). The van der Waals surface area contributed by atoms with Gasteiger partial charge in [-0.2, -0.15) is 0 Å². The molecule has 1 aliphatic heterocycles. The molecule has 2 fully saturated rings. The van der Waals surface area contributed by atoms with Gasteiger partial charge in [0.15, 0.2) is 0 Å². The molecule has 7 heteroatoms. The van der Waals surface area contributed by atoms with Crippen LogP contribution in [0.5, 0.6) is 5.75 Å². The molecule has 1 amide bonds. The van der Waals surface area contributed by atoms with E-state index in [1.807, 2.05) is 6.92 Å². The molecule has 1 saturated heterocycles. The molecule has 0 spiro atoms. The van der Waals surface area contributed by atoms with Crippen LogP contribution in [-0.4, -0.2) is 29.5 Å². The summed E-state index contributed by atoms with van der Waals surface area (Å²) in [4.78, 5) is 14.2. The second-order valence-electron chi connectivity index (χ2n) is 6.74. The minimum atomic E-state index is -4.73. The molecule has 1 saturated carbocycles. The Kier molecular flexibility index (Phi) is 4.23. The molecule has 0 aromatic heterocycles. The minimum absolute atomic E-state index is 0.0588. The Morgan fingerprint density at radius 2 is 1.96 bits per heavy atom. The quantitative estimate of drug-likeness (QED) is 0.910. The van der Waals surface area contributed by atoms with Crippen molar-refractivity contribution >= 4 is 11.6 Å². The standard InChI is InChI=1S/C17H20F3NO3/c1-2-7-16(23)8-11-10-21(15(22)14(11)9-16)12-3-5-13(6-4-12)24-17(18,19)20/h3-6,11,14,23H,2,7-10H2,1H3/t11-,14+,16?/m1/s1. The molecule has 1 unspecified atom stereocenters. The van der Waals surface area contributed by atoms with E-state index in [1.165, 1.54) is 24.3 Å².